The van der Waals surface area contributed by atoms with Crippen LogP contribution in [-0.4, -0.2) is 15.7 Å². The van der Waals surface area contributed by atoms with E-state index in [1.807, 2.05) is 13.8 Å². The molecule has 4 nitrogen and oxygen atoms in total. The van der Waals surface area contributed by atoms with Crippen molar-refractivity contribution in [2.75, 3.05) is 0 Å². The molecular weight excluding hydrogens is 128 g/mol. The summed E-state index contributed by atoms with van der Waals surface area (Å²) in [5.74, 6) is -0.0452. The molecule has 0 atom stereocenters. The second-order valence-corrected chi connectivity index (χ2v) is 2.23. The highest BCUT2D eigenvalue weighted by molar-refractivity contribution is 5.76. The first kappa shape index (κ1) is 6.80. The van der Waals surface area contributed by atoms with E-state index in [0.29, 0.717) is 0 Å². The third-order valence-electron chi connectivity index (χ3n) is 1.39. The molecule has 1 heterocycles. The summed E-state index contributed by atoms with van der Waals surface area (Å²) >= 11 is 0. The Bertz CT molecular complexity index is 241. The fourth-order valence-electron chi connectivity index (χ4n) is 0.670. The topological polar surface area (TPSA) is 67.7 Å². The molecule has 1 aromatic rings. The molecular formula is C6H10N4. The molecule has 54 valence electrons. The normalized spacial score (nSPS) is 9.80. The van der Waals surface area contributed by atoms with Gasteiger partial charge >= 0.3 is 0 Å². The number of nitrogens with one attached hydrogen (secondary N) is 1. The Hall–Kier alpha value is -1.32. The van der Waals surface area contributed by atoms with E-state index in [9.17, 15) is 0 Å². The van der Waals surface area contributed by atoms with Crippen LogP contribution in [0.3, 0.4) is 0 Å². The Morgan fingerprint density at radius 3 is 2.50 bits per heavy atom. The Morgan fingerprint density at radius 1 is 1.70 bits per heavy atom. The zero-order valence-corrected chi connectivity index (χ0v) is 6.05. The highest BCUT2D eigenvalue weighted by Crippen LogP contribution is 2.00. The molecule has 0 bridgehead atoms. The van der Waals surface area contributed by atoms with E-state index in [1.165, 1.54) is 4.68 Å². The minimum atomic E-state index is -0.0452. The first-order valence-electron chi connectivity index (χ1n) is 2.98. The van der Waals surface area contributed by atoms with Gasteiger partial charge in [0.05, 0.1) is 5.69 Å². The van der Waals surface area contributed by atoms with Gasteiger partial charge in [0.1, 0.15) is 0 Å². The van der Waals surface area contributed by atoms with Crippen molar-refractivity contribution in [3.05, 3.63) is 17.5 Å². The fourth-order valence-corrected chi connectivity index (χ4v) is 0.670. The van der Waals surface area contributed by atoms with E-state index in [2.05, 4.69) is 5.10 Å². The molecule has 0 radical (unpaired) electrons. The van der Waals surface area contributed by atoms with Crippen LogP contribution < -0.4 is 5.73 Å². The lowest BCUT2D eigenvalue weighted by molar-refractivity contribution is 0.892. The van der Waals surface area contributed by atoms with Gasteiger partial charge in [-0.05, 0) is 19.4 Å². The molecule has 0 aliphatic heterocycles. The molecule has 1 rings (SSSR count). The van der Waals surface area contributed by atoms with Crippen molar-refractivity contribution in [2.45, 2.75) is 13.8 Å². The Balaban J connectivity index is 3.10. The summed E-state index contributed by atoms with van der Waals surface area (Å²) in [7, 11) is 0. The number of nitrogens with zero attached hydrogens (tertiary/aromatic N) is 2. The SMILES string of the molecule is Cc1cn(C(=N)N)nc1C. The van der Waals surface area contributed by atoms with Crippen LogP contribution in [0.2, 0.25) is 0 Å². The molecule has 1 aromatic heterocycles. The Labute approximate surface area is 59.2 Å². The zero-order chi connectivity index (χ0) is 7.72. The summed E-state index contributed by atoms with van der Waals surface area (Å²) in [6.07, 6.45) is 1.73. The minimum absolute atomic E-state index is 0.0452. The highest BCUT2D eigenvalue weighted by atomic mass is 15.3. The number of aryl methyl sites for hydroxylation is 2. The van der Waals surface area contributed by atoms with Gasteiger partial charge < -0.3 is 5.73 Å². The van der Waals surface area contributed by atoms with Gasteiger partial charge in [0, 0.05) is 6.20 Å². The maximum Gasteiger partial charge on any atom is 0.213 e. The predicted octanol–water partition coefficient (Wildman–Crippen LogP) is 0.242. The van der Waals surface area contributed by atoms with Crippen LogP contribution in [0.15, 0.2) is 6.20 Å². The molecule has 3 N–H and O–H groups in total. The first-order chi connectivity index (χ1) is 4.61. The number of aromatic nitrogens is 2. The van der Waals surface area contributed by atoms with Crippen molar-refractivity contribution in [3.8, 4) is 0 Å². The standard InChI is InChI=1S/C6H10N4/c1-4-3-10(6(7)8)9-5(4)2/h3H,1-2H3,(H3,7,8). The molecule has 0 spiro atoms. The van der Waals surface area contributed by atoms with Gasteiger partial charge in [0.15, 0.2) is 0 Å². The molecule has 0 aliphatic rings. The van der Waals surface area contributed by atoms with E-state index in [0.717, 1.165) is 11.3 Å². The molecule has 10 heavy (non-hydrogen) atoms. The van der Waals surface area contributed by atoms with Crippen molar-refractivity contribution in [3.63, 3.8) is 0 Å². The Kier molecular flexibility index (Phi) is 1.45. The predicted molar refractivity (Wildman–Crippen MR) is 39.0 cm³/mol. The number of nitrogen functional groups attached to an aromatic ring is 1. The largest absolute Gasteiger partial charge is 0.368 e. The van der Waals surface area contributed by atoms with Crippen LogP contribution in [0.1, 0.15) is 11.3 Å². The lowest BCUT2D eigenvalue weighted by Crippen LogP contribution is -2.20. The molecule has 0 saturated carbocycles. The molecule has 0 aliphatic carbocycles. The maximum absolute atomic E-state index is 7.02. The van der Waals surface area contributed by atoms with E-state index in [1.54, 1.807) is 6.20 Å². The third kappa shape index (κ3) is 1.00. The van der Waals surface area contributed by atoms with Crippen molar-refractivity contribution >= 4 is 5.96 Å². The average Bonchev–Trinajstić information content (AvgIpc) is 2.13. The smallest absolute Gasteiger partial charge is 0.213 e. The zero-order valence-electron chi connectivity index (χ0n) is 6.05. The first-order valence-corrected chi connectivity index (χ1v) is 2.98. The summed E-state index contributed by atoms with van der Waals surface area (Å²) in [5.41, 5.74) is 7.14. The molecule has 0 fully saturated rings. The summed E-state index contributed by atoms with van der Waals surface area (Å²) in [4.78, 5) is 0. The summed E-state index contributed by atoms with van der Waals surface area (Å²) in [6.45, 7) is 3.82. The number of hydrogen-bond donors (Lipinski definition) is 2. The number of rotatable bonds is 0. The van der Waals surface area contributed by atoms with Crippen molar-refractivity contribution in [1.82, 2.24) is 9.78 Å². The average molecular weight is 138 g/mol. The van der Waals surface area contributed by atoms with E-state index < -0.39 is 0 Å². The van der Waals surface area contributed by atoms with Crippen molar-refractivity contribution in [1.29, 1.82) is 5.41 Å². The number of nitrogens with two attached hydrogens (primary N) is 1. The van der Waals surface area contributed by atoms with Gasteiger partial charge in [0.25, 0.3) is 0 Å². The van der Waals surface area contributed by atoms with Gasteiger partial charge in [-0.3, -0.25) is 5.41 Å². The number of hydrogen-bond acceptors (Lipinski definition) is 2. The quantitative estimate of drug-likeness (QED) is 0.398. The molecule has 4 heteroatoms. The van der Waals surface area contributed by atoms with E-state index >= 15 is 0 Å². The monoisotopic (exact) mass is 138 g/mol. The lowest BCUT2D eigenvalue weighted by atomic mass is 10.3. The van der Waals surface area contributed by atoms with Crippen LogP contribution in [0, 0.1) is 19.3 Å². The summed E-state index contributed by atoms with van der Waals surface area (Å²) in [5, 5.41) is 11.0. The van der Waals surface area contributed by atoms with Gasteiger partial charge in [-0.1, -0.05) is 0 Å². The molecule has 0 unspecified atom stereocenters. The van der Waals surface area contributed by atoms with Crippen LogP contribution >= 0.6 is 0 Å². The fraction of sp³-hybridized carbons (Fsp3) is 0.333. The second-order valence-electron chi connectivity index (χ2n) is 2.23. The third-order valence-corrected chi connectivity index (χ3v) is 1.39. The van der Waals surface area contributed by atoms with Gasteiger partial charge in [-0.15, -0.1) is 0 Å². The van der Waals surface area contributed by atoms with E-state index in [-0.39, 0.29) is 5.96 Å². The van der Waals surface area contributed by atoms with Crippen LogP contribution in [0.25, 0.3) is 0 Å². The summed E-state index contributed by atoms with van der Waals surface area (Å²) in [6, 6.07) is 0. The lowest BCUT2D eigenvalue weighted by Gasteiger charge is -1.92. The van der Waals surface area contributed by atoms with Crippen LogP contribution in [0.4, 0.5) is 0 Å². The molecule has 0 saturated heterocycles. The second kappa shape index (κ2) is 2.13. The Morgan fingerprint density at radius 2 is 2.30 bits per heavy atom. The molecule has 0 aromatic carbocycles. The van der Waals surface area contributed by atoms with Crippen molar-refractivity contribution < 1.29 is 0 Å². The maximum atomic E-state index is 7.02. The minimum Gasteiger partial charge on any atom is -0.368 e. The summed E-state index contributed by atoms with van der Waals surface area (Å²) < 4.78 is 1.35. The van der Waals surface area contributed by atoms with Gasteiger partial charge in [-0.2, -0.15) is 5.10 Å². The van der Waals surface area contributed by atoms with E-state index in [4.69, 9.17) is 11.1 Å². The van der Waals surface area contributed by atoms with Crippen LogP contribution in [-0.2, 0) is 0 Å². The van der Waals surface area contributed by atoms with Gasteiger partial charge in [-0.25, -0.2) is 4.68 Å². The van der Waals surface area contributed by atoms with Crippen molar-refractivity contribution in [2.24, 2.45) is 5.73 Å². The van der Waals surface area contributed by atoms with Crippen LogP contribution in [0.5, 0.6) is 0 Å². The van der Waals surface area contributed by atoms with Gasteiger partial charge in [0.2, 0.25) is 5.96 Å². The highest BCUT2D eigenvalue weighted by Gasteiger charge is 1.99. The molecule has 0 amide bonds.